The average molecular weight is 725 g/mol. The minimum Gasteiger partial charge on any atom is -0.495 e. The van der Waals surface area contributed by atoms with Gasteiger partial charge in [0.2, 0.25) is 11.9 Å². The van der Waals surface area contributed by atoms with E-state index in [2.05, 4.69) is 12.4 Å². The normalized spacial score (nSPS) is 20.1. The minimum atomic E-state index is 0.0255. The Bertz CT molecular complexity index is 1230. The van der Waals surface area contributed by atoms with Crippen molar-refractivity contribution in [2.45, 2.75) is 63.3 Å². The van der Waals surface area contributed by atoms with Gasteiger partial charge < -0.3 is 43.3 Å². The Morgan fingerprint density at radius 1 is 0.820 bits per heavy atom. The number of nitrogens with one attached hydrogen (secondary N) is 1. The number of aromatic nitrogens is 3. The molecule has 1 aliphatic heterocycles. The molecule has 2 aliphatic rings. The minimum absolute atomic E-state index is 0.0255. The number of likely N-dealkylation sites (N-methyl/N-ethyl adjacent to an activating group) is 1. The number of rotatable bonds is 23. The summed E-state index contributed by atoms with van der Waals surface area (Å²) in [4.78, 5) is 14.6. The molecule has 0 unspecified atom stereocenters. The fourth-order valence-corrected chi connectivity index (χ4v) is 6.58. The summed E-state index contributed by atoms with van der Waals surface area (Å²) in [6.45, 7) is 8.05. The van der Waals surface area contributed by atoms with Gasteiger partial charge in [0.05, 0.1) is 111 Å². The Morgan fingerprint density at radius 2 is 1.40 bits per heavy atom. The van der Waals surface area contributed by atoms with Gasteiger partial charge in [-0.25, -0.2) is 5.84 Å². The molecule has 1 aromatic heterocycles. The first-order chi connectivity index (χ1) is 24.4. The van der Waals surface area contributed by atoms with Crippen LogP contribution < -0.4 is 20.9 Å². The van der Waals surface area contributed by atoms with E-state index in [4.69, 9.17) is 65.9 Å². The number of hydrazine groups is 1. The topological polar surface area (TPSA) is 156 Å². The molecule has 1 saturated carbocycles. The lowest BCUT2D eigenvalue weighted by atomic mass is 9.99. The Balaban J connectivity index is 1.18. The van der Waals surface area contributed by atoms with Crippen molar-refractivity contribution in [3.63, 3.8) is 0 Å². The van der Waals surface area contributed by atoms with E-state index in [9.17, 15) is 0 Å². The first-order valence-electron chi connectivity index (χ1n) is 18.1. The van der Waals surface area contributed by atoms with Crippen molar-refractivity contribution in [1.82, 2.24) is 15.0 Å². The van der Waals surface area contributed by atoms with E-state index in [1.807, 2.05) is 18.2 Å². The number of nitrogens with two attached hydrogens (primary N) is 1. The molecule has 1 aromatic carbocycles. The summed E-state index contributed by atoms with van der Waals surface area (Å²) >= 11 is 6.40. The number of hydrogen-bond acceptors (Lipinski definition) is 13. The highest BCUT2D eigenvalue weighted by Gasteiger charge is 2.33. The van der Waals surface area contributed by atoms with Gasteiger partial charge in [-0.15, -0.1) is 0 Å². The molecule has 0 spiro atoms. The van der Waals surface area contributed by atoms with Crippen molar-refractivity contribution >= 4 is 29.2 Å². The van der Waals surface area contributed by atoms with E-state index >= 15 is 0 Å². The molecule has 4 rings (SSSR count). The molecule has 0 atom stereocenters. The molecule has 4 N–H and O–H groups in total. The molecule has 0 radical (unpaired) electrons. The number of nitrogens with zero attached hydrogens (tertiary/aromatic N) is 5. The zero-order valence-corrected chi connectivity index (χ0v) is 30.8. The highest BCUT2D eigenvalue weighted by molar-refractivity contribution is 6.32. The Morgan fingerprint density at radius 3 is 1.96 bits per heavy atom. The number of aliphatic hydroxyl groups is 1. The van der Waals surface area contributed by atoms with E-state index in [1.54, 1.807) is 12.1 Å². The van der Waals surface area contributed by atoms with Gasteiger partial charge in [-0.05, 0) is 31.0 Å². The van der Waals surface area contributed by atoms with Crippen LogP contribution in [0.1, 0.15) is 63.1 Å². The molecule has 1 saturated heterocycles. The first kappa shape index (κ1) is 40.4. The molecule has 50 heavy (non-hydrogen) atoms. The van der Waals surface area contributed by atoms with E-state index in [0.717, 1.165) is 61.3 Å². The zero-order chi connectivity index (χ0) is 35.4. The van der Waals surface area contributed by atoms with Gasteiger partial charge >= 0.3 is 0 Å². The van der Waals surface area contributed by atoms with Crippen molar-refractivity contribution in [2.24, 2.45) is 5.84 Å². The highest BCUT2D eigenvalue weighted by Crippen LogP contribution is 2.33. The van der Waals surface area contributed by atoms with Crippen molar-refractivity contribution in [3.05, 3.63) is 29.0 Å². The van der Waals surface area contributed by atoms with Crippen LogP contribution >= 0.6 is 11.6 Å². The molecular weight excluding hydrogens is 666 g/mol. The molecule has 2 heterocycles. The fourth-order valence-electron chi connectivity index (χ4n) is 6.32. The lowest BCUT2D eigenvalue weighted by Gasteiger charge is -2.42. The summed E-state index contributed by atoms with van der Waals surface area (Å²) in [5, 5.41) is 14.3. The van der Waals surface area contributed by atoms with E-state index in [1.165, 1.54) is 25.7 Å². The molecule has 15 heteroatoms. The number of aliphatic hydroxyl groups excluding tert-OH is 1. The molecule has 2 aromatic rings. The van der Waals surface area contributed by atoms with Crippen molar-refractivity contribution < 1.29 is 38.0 Å². The van der Waals surface area contributed by atoms with E-state index in [0.29, 0.717) is 88.7 Å². The lowest BCUT2D eigenvalue weighted by molar-refractivity contribution is -0.914. The third kappa shape index (κ3) is 14.0. The van der Waals surface area contributed by atoms with E-state index in [-0.39, 0.29) is 18.6 Å². The van der Waals surface area contributed by atoms with Gasteiger partial charge in [-0.2, -0.15) is 15.0 Å². The van der Waals surface area contributed by atoms with Crippen molar-refractivity contribution in [3.8, 4) is 5.75 Å². The quantitative estimate of drug-likeness (QED) is 0.0496. The second-order valence-corrected chi connectivity index (χ2v) is 13.6. The second-order valence-electron chi connectivity index (χ2n) is 13.2. The molecule has 0 amide bonds. The SMILES string of the molecule is COc1ccc(Nc2nc(C3CCCCCC3)nc(N(N)C3CC[N+](C)(CCOCCOCCOCCOCCOCCO)CC3)n2)cc1Cl. The summed E-state index contributed by atoms with van der Waals surface area (Å²) < 4.78 is 33.8. The van der Waals surface area contributed by atoms with Crippen LogP contribution in [0.2, 0.25) is 5.02 Å². The average Bonchev–Trinajstić information content (AvgIpc) is 3.41. The van der Waals surface area contributed by atoms with Crippen LogP contribution in [0.3, 0.4) is 0 Å². The molecular formula is C35H59ClN7O7+. The molecule has 0 bridgehead atoms. The summed E-state index contributed by atoms with van der Waals surface area (Å²) in [7, 11) is 3.88. The molecule has 2 fully saturated rings. The number of benzene rings is 1. The monoisotopic (exact) mass is 724 g/mol. The van der Waals surface area contributed by atoms with Gasteiger partial charge in [-0.1, -0.05) is 37.3 Å². The maximum absolute atomic E-state index is 8.65. The Hall–Kier alpha value is -2.40. The zero-order valence-electron chi connectivity index (χ0n) is 30.0. The predicted molar refractivity (Wildman–Crippen MR) is 193 cm³/mol. The number of methoxy groups -OCH3 is 1. The summed E-state index contributed by atoms with van der Waals surface area (Å²) in [6, 6.07) is 5.65. The largest absolute Gasteiger partial charge is 0.495 e. The summed E-state index contributed by atoms with van der Waals surface area (Å²) in [5.41, 5.74) is 0.771. The van der Waals surface area contributed by atoms with Crippen LogP contribution in [0.25, 0.3) is 0 Å². The van der Waals surface area contributed by atoms with Crippen LogP contribution in [0.4, 0.5) is 17.6 Å². The number of likely N-dealkylation sites (tertiary alicyclic amines) is 1. The maximum atomic E-state index is 8.65. The number of quaternary nitrogens is 1. The van der Waals surface area contributed by atoms with Gasteiger partial charge in [0, 0.05) is 24.4 Å². The number of piperidine rings is 1. The highest BCUT2D eigenvalue weighted by atomic mass is 35.5. The predicted octanol–water partition coefficient (Wildman–Crippen LogP) is 4.08. The standard InChI is InChI=1S/C35H59ClN7O7/c1-43(15-17-46-19-21-48-23-25-50-26-24-49-22-20-47-18-16-44)13-11-30(12-14-43)42(37)35-40-33(28-7-5-3-4-6-8-28)39-34(41-35)38-29-9-10-32(45-2)31(36)27-29/h9-10,27-28,30,44H,3-8,11-26,37H2,1-2H3,(H,38,39,40,41)/q+1. The van der Waals surface area contributed by atoms with Crippen LogP contribution in [-0.2, 0) is 23.7 Å². The number of ether oxygens (including phenoxy) is 6. The third-order valence-corrected chi connectivity index (χ3v) is 9.69. The van der Waals surface area contributed by atoms with Gasteiger partial charge in [0.1, 0.15) is 18.1 Å². The molecule has 282 valence electrons. The number of anilines is 3. The fraction of sp³-hybridized carbons (Fsp3) is 0.743. The van der Waals surface area contributed by atoms with Crippen LogP contribution in [0.5, 0.6) is 5.75 Å². The third-order valence-electron chi connectivity index (χ3n) is 9.40. The molecule has 1 aliphatic carbocycles. The summed E-state index contributed by atoms with van der Waals surface area (Å²) in [5.74, 6) is 9.48. The van der Waals surface area contributed by atoms with Crippen LogP contribution in [0.15, 0.2) is 18.2 Å². The number of halogens is 1. The maximum Gasteiger partial charge on any atom is 0.245 e. The van der Waals surface area contributed by atoms with Crippen molar-refractivity contribution in [1.29, 1.82) is 0 Å². The van der Waals surface area contributed by atoms with Crippen LogP contribution in [0, 0.1) is 0 Å². The van der Waals surface area contributed by atoms with Crippen LogP contribution in [-0.4, -0.2) is 137 Å². The molecule has 14 nitrogen and oxygen atoms in total. The smallest absolute Gasteiger partial charge is 0.245 e. The number of hydrogen-bond donors (Lipinski definition) is 3. The first-order valence-corrected chi connectivity index (χ1v) is 18.5. The van der Waals surface area contributed by atoms with E-state index < -0.39 is 0 Å². The van der Waals surface area contributed by atoms with Gasteiger partial charge in [0.25, 0.3) is 0 Å². The van der Waals surface area contributed by atoms with Gasteiger partial charge in [-0.3, -0.25) is 5.01 Å². The lowest BCUT2D eigenvalue weighted by Crippen LogP contribution is -2.57. The van der Waals surface area contributed by atoms with Gasteiger partial charge in [0.15, 0.2) is 0 Å². The van der Waals surface area contributed by atoms with Crippen molar-refractivity contribution in [2.75, 3.05) is 117 Å². The Kier molecular flexibility index (Phi) is 18.2. The second kappa shape index (κ2) is 22.5. The Labute approximate surface area is 302 Å². The summed E-state index contributed by atoms with van der Waals surface area (Å²) in [6.07, 6.45) is 8.88.